The molecule has 1 heterocycles. The third-order valence-electron chi connectivity index (χ3n) is 5.15. The zero-order valence-electron chi connectivity index (χ0n) is 11.9. The summed E-state index contributed by atoms with van der Waals surface area (Å²) in [6.07, 6.45) is 7.19. The molecule has 4 rings (SSSR count). The molecular weight excluding hydrogens is 246 g/mol. The first kappa shape index (κ1) is 12.0. The van der Waals surface area contributed by atoms with Crippen molar-refractivity contribution in [1.82, 2.24) is 9.55 Å². The fourth-order valence-electron chi connectivity index (χ4n) is 3.66. The van der Waals surface area contributed by atoms with Crippen LogP contribution < -0.4 is 0 Å². The summed E-state index contributed by atoms with van der Waals surface area (Å²) in [6, 6.07) is 8.89. The molecule has 102 valence electrons. The summed E-state index contributed by atoms with van der Waals surface area (Å²) >= 11 is 0. The van der Waals surface area contributed by atoms with Gasteiger partial charge in [0.25, 0.3) is 0 Å². The Morgan fingerprint density at radius 2 is 2.05 bits per heavy atom. The van der Waals surface area contributed by atoms with Crippen molar-refractivity contribution >= 4 is 11.0 Å². The molecule has 2 fully saturated rings. The van der Waals surface area contributed by atoms with Gasteiger partial charge < -0.3 is 4.57 Å². The lowest BCUT2D eigenvalue weighted by atomic mass is 9.97. The number of hydrogen-bond acceptors (Lipinski definition) is 2. The Morgan fingerprint density at radius 1 is 1.30 bits per heavy atom. The van der Waals surface area contributed by atoms with E-state index in [1.807, 2.05) is 0 Å². The average Bonchev–Trinajstić information content (AvgIpc) is 2.95. The first-order valence-corrected chi connectivity index (χ1v) is 7.62. The van der Waals surface area contributed by atoms with E-state index in [9.17, 15) is 5.26 Å². The molecule has 2 saturated carbocycles. The van der Waals surface area contributed by atoms with E-state index in [2.05, 4.69) is 35.9 Å². The van der Waals surface area contributed by atoms with Crippen molar-refractivity contribution in [2.75, 3.05) is 0 Å². The minimum atomic E-state index is -0.209. The number of rotatable bonds is 2. The Labute approximate surface area is 119 Å². The normalized spacial score (nSPS) is 21.2. The topological polar surface area (TPSA) is 41.6 Å². The van der Waals surface area contributed by atoms with E-state index in [-0.39, 0.29) is 5.41 Å². The van der Waals surface area contributed by atoms with E-state index in [1.54, 1.807) is 0 Å². The fourth-order valence-corrected chi connectivity index (χ4v) is 3.66. The van der Waals surface area contributed by atoms with Gasteiger partial charge in [0.15, 0.2) is 0 Å². The van der Waals surface area contributed by atoms with Crippen LogP contribution in [0.5, 0.6) is 0 Å². The van der Waals surface area contributed by atoms with Gasteiger partial charge in [-0.05, 0) is 43.4 Å². The number of aromatic nitrogens is 2. The molecule has 2 aliphatic rings. The van der Waals surface area contributed by atoms with Crippen LogP contribution in [0.3, 0.4) is 0 Å². The van der Waals surface area contributed by atoms with Gasteiger partial charge in [-0.25, -0.2) is 4.98 Å². The van der Waals surface area contributed by atoms with E-state index in [4.69, 9.17) is 4.98 Å². The molecule has 0 aliphatic heterocycles. The largest absolute Gasteiger partial charge is 0.331 e. The van der Waals surface area contributed by atoms with Gasteiger partial charge in [0.2, 0.25) is 0 Å². The van der Waals surface area contributed by atoms with E-state index in [0.717, 1.165) is 23.9 Å². The van der Waals surface area contributed by atoms with Gasteiger partial charge in [-0.3, -0.25) is 0 Å². The lowest BCUT2D eigenvalue weighted by Gasteiger charge is -2.08. The van der Waals surface area contributed by atoms with Gasteiger partial charge in [-0.2, -0.15) is 5.26 Å². The number of hydrogen-bond donors (Lipinski definition) is 0. The smallest absolute Gasteiger partial charge is 0.112 e. The maximum Gasteiger partial charge on any atom is 0.112 e. The van der Waals surface area contributed by atoms with Crippen LogP contribution in [0.25, 0.3) is 11.0 Å². The zero-order chi connectivity index (χ0) is 13.7. The van der Waals surface area contributed by atoms with Crippen LogP contribution >= 0.6 is 0 Å². The summed E-state index contributed by atoms with van der Waals surface area (Å²) in [5.41, 5.74) is 3.21. The number of aryl methyl sites for hydroxylation is 1. The molecule has 0 bridgehead atoms. The Morgan fingerprint density at radius 3 is 2.70 bits per heavy atom. The van der Waals surface area contributed by atoms with Gasteiger partial charge in [0, 0.05) is 13.0 Å². The first-order valence-electron chi connectivity index (χ1n) is 7.62. The Balaban J connectivity index is 1.81. The summed E-state index contributed by atoms with van der Waals surface area (Å²) in [4.78, 5) is 4.88. The summed E-state index contributed by atoms with van der Waals surface area (Å²) < 4.78 is 2.25. The van der Waals surface area contributed by atoms with Gasteiger partial charge in [-0.15, -0.1) is 0 Å². The maximum absolute atomic E-state index is 9.34. The maximum atomic E-state index is 9.34. The Kier molecular flexibility index (Phi) is 2.44. The zero-order valence-corrected chi connectivity index (χ0v) is 11.9. The van der Waals surface area contributed by atoms with Crippen LogP contribution in [-0.4, -0.2) is 9.55 Å². The molecule has 0 saturated heterocycles. The van der Waals surface area contributed by atoms with E-state index >= 15 is 0 Å². The molecule has 0 N–H and O–H groups in total. The number of fused-ring (bicyclic) bond motifs is 1. The molecule has 1 aromatic heterocycles. The molecule has 0 spiro atoms. The molecule has 2 aliphatic carbocycles. The van der Waals surface area contributed by atoms with Crippen LogP contribution in [0.15, 0.2) is 18.2 Å². The number of benzene rings is 1. The standard InChI is InChI=1S/C17H19N3/c1-20-15-7-6-13(17(11-18)8-9-17)10-14(15)19-16(20)12-4-2-3-5-12/h6-7,10,12H,2-5,8-9H2,1H3. The molecule has 0 amide bonds. The van der Waals surface area contributed by atoms with Crippen molar-refractivity contribution in [2.24, 2.45) is 7.05 Å². The Hall–Kier alpha value is -1.82. The van der Waals surface area contributed by atoms with Crippen molar-refractivity contribution < 1.29 is 0 Å². The summed E-state index contributed by atoms with van der Waals surface area (Å²) in [7, 11) is 2.12. The fraction of sp³-hybridized carbons (Fsp3) is 0.529. The van der Waals surface area contributed by atoms with E-state index in [1.165, 1.54) is 37.0 Å². The number of nitrogens with zero attached hydrogens (tertiary/aromatic N) is 3. The van der Waals surface area contributed by atoms with Crippen LogP contribution in [0, 0.1) is 11.3 Å². The lowest BCUT2D eigenvalue weighted by Crippen LogP contribution is -2.02. The molecule has 0 radical (unpaired) electrons. The second-order valence-corrected chi connectivity index (χ2v) is 6.41. The van der Waals surface area contributed by atoms with Crippen LogP contribution in [0.4, 0.5) is 0 Å². The van der Waals surface area contributed by atoms with Crippen LogP contribution in [0.2, 0.25) is 0 Å². The third-order valence-corrected chi connectivity index (χ3v) is 5.15. The van der Waals surface area contributed by atoms with Crippen molar-refractivity contribution in [3.05, 3.63) is 29.6 Å². The first-order chi connectivity index (χ1) is 9.73. The molecular formula is C17H19N3. The van der Waals surface area contributed by atoms with E-state index in [0.29, 0.717) is 5.92 Å². The molecule has 0 unspecified atom stereocenters. The highest BCUT2D eigenvalue weighted by Crippen LogP contribution is 2.48. The summed E-state index contributed by atoms with van der Waals surface area (Å²) in [5.74, 6) is 1.86. The van der Waals surface area contributed by atoms with Crippen LogP contribution in [-0.2, 0) is 12.5 Å². The minimum absolute atomic E-state index is 0.209. The van der Waals surface area contributed by atoms with Crippen molar-refractivity contribution in [2.45, 2.75) is 49.9 Å². The SMILES string of the molecule is Cn1c(C2CCCC2)nc2cc(C3(C#N)CC3)ccc21. The quantitative estimate of drug-likeness (QED) is 0.829. The second kappa shape index (κ2) is 4.09. The molecule has 20 heavy (non-hydrogen) atoms. The lowest BCUT2D eigenvalue weighted by molar-refractivity contribution is 0.639. The third kappa shape index (κ3) is 1.61. The minimum Gasteiger partial charge on any atom is -0.331 e. The molecule has 1 aromatic carbocycles. The highest BCUT2D eigenvalue weighted by molar-refractivity contribution is 5.78. The average molecular weight is 265 g/mol. The van der Waals surface area contributed by atoms with Crippen molar-refractivity contribution in [3.63, 3.8) is 0 Å². The second-order valence-electron chi connectivity index (χ2n) is 6.41. The molecule has 0 atom stereocenters. The summed E-state index contributed by atoms with van der Waals surface area (Å²) in [5, 5.41) is 9.34. The summed E-state index contributed by atoms with van der Waals surface area (Å²) in [6.45, 7) is 0. The van der Waals surface area contributed by atoms with Crippen LogP contribution in [0.1, 0.15) is 55.8 Å². The van der Waals surface area contributed by atoms with Gasteiger partial charge >= 0.3 is 0 Å². The predicted octanol–water partition coefficient (Wildman–Crippen LogP) is 3.79. The highest BCUT2D eigenvalue weighted by Gasteiger charge is 2.45. The number of imidazole rings is 1. The van der Waals surface area contributed by atoms with Gasteiger partial charge in [0.05, 0.1) is 22.5 Å². The molecule has 2 aromatic rings. The molecule has 3 nitrogen and oxygen atoms in total. The Bertz CT molecular complexity index is 710. The highest BCUT2D eigenvalue weighted by atomic mass is 15.1. The van der Waals surface area contributed by atoms with Gasteiger partial charge in [0.1, 0.15) is 5.82 Å². The van der Waals surface area contributed by atoms with E-state index < -0.39 is 0 Å². The van der Waals surface area contributed by atoms with Crippen molar-refractivity contribution in [3.8, 4) is 6.07 Å². The number of nitriles is 1. The predicted molar refractivity (Wildman–Crippen MR) is 78.4 cm³/mol. The molecule has 3 heteroatoms. The van der Waals surface area contributed by atoms with Gasteiger partial charge in [-0.1, -0.05) is 18.9 Å². The monoisotopic (exact) mass is 265 g/mol. The van der Waals surface area contributed by atoms with Crippen molar-refractivity contribution in [1.29, 1.82) is 5.26 Å².